The third kappa shape index (κ3) is 1.98. The number of nitrogen functional groups attached to an aromatic ring is 1. The van der Waals surface area contributed by atoms with E-state index in [9.17, 15) is 0 Å². The molecule has 0 saturated carbocycles. The molecule has 1 unspecified atom stereocenters. The maximum Gasteiger partial charge on any atom is 0.0994 e. The summed E-state index contributed by atoms with van der Waals surface area (Å²) < 4.78 is 5.60. The number of hydrogen-bond acceptors (Lipinski definition) is 3. The number of pyridine rings is 1. The van der Waals surface area contributed by atoms with Crippen LogP contribution in [0.4, 0.5) is 5.69 Å². The van der Waals surface area contributed by atoms with Gasteiger partial charge in [-0.1, -0.05) is 0 Å². The molecule has 2 heterocycles. The molecule has 1 fully saturated rings. The Morgan fingerprint density at radius 2 is 2.31 bits per heavy atom. The lowest BCUT2D eigenvalue weighted by atomic mass is 10.1. The predicted molar refractivity (Wildman–Crippen MR) is 51.2 cm³/mol. The summed E-state index contributed by atoms with van der Waals surface area (Å²) in [7, 11) is 0. The van der Waals surface area contributed by atoms with Gasteiger partial charge in [0.15, 0.2) is 0 Å². The van der Waals surface area contributed by atoms with E-state index in [1.807, 2.05) is 12.1 Å². The summed E-state index contributed by atoms with van der Waals surface area (Å²) in [4.78, 5) is 4.25. The molecular weight excluding hydrogens is 164 g/mol. The minimum absolute atomic E-state index is 0.189. The van der Waals surface area contributed by atoms with E-state index < -0.39 is 0 Å². The van der Waals surface area contributed by atoms with Gasteiger partial charge >= 0.3 is 0 Å². The molecule has 1 atom stereocenters. The van der Waals surface area contributed by atoms with Crippen LogP contribution in [-0.2, 0) is 4.74 Å². The molecule has 1 aliphatic heterocycles. The molecule has 2 rings (SSSR count). The van der Waals surface area contributed by atoms with Gasteiger partial charge in [0.1, 0.15) is 0 Å². The molecule has 1 aromatic rings. The highest BCUT2D eigenvalue weighted by Crippen LogP contribution is 2.26. The Hall–Kier alpha value is -1.09. The van der Waals surface area contributed by atoms with Gasteiger partial charge in [0.05, 0.1) is 23.7 Å². The van der Waals surface area contributed by atoms with E-state index in [0.717, 1.165) is 18.7 Å². The largest absolute Gasteiger partial charge is 0.397 e. The van der Waals surface area contributed by atoms with Crippen LogP contribution in [0.2, 0.25) is 0 Å². The number of ether oxygens (including phenoxy) is 1. The Morgan fingerprint density at radius 3 is 2.92 bits per heavy atom. The SMILES string of the molecule is Nc1ccc(C2CCCCO2)nc1. The first-order chi connectivity index (χ1) is 6.36. The van der Waals surface area contributed by atoms with Crippen molar-refractivity contribution in [2.45, 2.75) is 25.4 Å². The van der Waals surface area contributed by atoms with Crippen molar-refractivity contribution < 1.29 is 4.74 Å². The lowest BCUT2D eigenvalue weighted by Crippen LogP contribution is -2.12. The molecule has 1 saturated heterocycles. The average Bonchev–Trinajstić information content (AvgIpc) is 2.20. The van der Waals surface area contributed by atoms with Gasteiger partial charge in [-0.05, 0) is 31.4 Å². The molecule has 1 aliphatic rings. The molecule has 1 aromatic heterocycles. The van der Waals surface area contributed by atoms with Crippen molar-refractivity contribution in [1.82, 2.24) is 4.98 Å². The summed E-state index contributed by atoms with van der Waals surface area (Å²) in [6.45, 7) is 0.858. The highest BCUT2D eigenvalue weighted by atomic mass is 16.5. The highest BCUT2D eigenvalue weighted by Gasteiger charge is 2.16. The van der Waals surface area contributed by atoms with Gasteiger partial charge in [0.2, 0.25) is 0 Å². The van der Waals surface area contributed by atoms with Gasteiger partial charge in [0.25, 0.3) is 0 Å². The van der Waals surface area contributed by atoms with Gasteiger partial charge in [-0.3, -0.25) is 4.98 Å². The van der Waals surface area contributed by atoms with Crippen LogP contribution in [0.25, 0.3) is 0 Å². The van der Waals surface area contributed by atoms with E-state index in [1.165, 1.54) is 12.8 Å². The van der Waals surface area contributed by atoms with Crippen LogP contribution < -0.4 is 5.73 Å². The normalized spacial score (nSPS) is 22.9. The minimum atomic E-state index is 0.189. The molecule has 0 bridgehead atoms. The van der Waals surface area contributed by atoms with Crippen LogP contribution in [0.5, 0.6) is 0 Å². The molecule has 0 aromatic carbocycles. The Labute approximate surface area is 77.9 Å². The maximum atomic E-state index is 5.60. The molecule has 0 aliphatic carbocycles. The average molecular weight is 178 g/mol. The smallest absolute Gasteiger partial charge is 0.0994 e. The number of nitrogens with zero attached hydrogens (tertiary/aromatic N) is 1. The molecule has 3 nitrogen and oxygen atoms in total. The van der Waals surface area contributed by atoms with Gasteiger partial charge in [-0.15, -0.1) is 0 Å². The summed E-state index contributed by atoms with van der Waals surface area (Å²) >= 11 is 0. The van der Waals surface area contributed by atoms with Crippen LogP contribution in [0, 0.1) is 0 Å². The zero-order valence-electron chi connectivity index (χ0n) is 7.57. The van der Waals surface area contributed by atoms with E-state index in [-0.39, 0.29) is 6.10 Å². The lowest BCUT2D eigenvalue weighted by molar-refractivity contribution is 0.0123. The Bertz CT molecular complexity index is 265. The van der Waals surface area contributed by atoms with Crippen molar-refractivity contribution in [3.8, 4) is 0 Å². The second kappa shape index (κ2) is 3.75. The van der Waals surface area contributed by atoms with E-state index in [2.05, 4.69) is 4.98 Å². The second-order valence-corrected chi connectivity index (χ2v) is 3.37. The molecule has 70 valence electrons. The summed E-state index contributed by atoms with van der Waals surface area (Å²) in [5.41, 5.74) is 7.27. The number of nitrogens with two attached hydrogens (primary N) is 1. The first-order valence-electron chi connectivity index (χ1n) is 4.69. The van der Waals surface area contributed by atoms with Gasteiger partial charge < -0.3 is 10.5 Å². The third-order valence-electron chi connectivity index (χ3n) is 2.32. The summed E-state index contributed by atoms with van der Waals surface area (Å²) in [5.74, 6) is 0. The summed E-state index contributed by atoms with van der Waals surface area (Å²) in [6.07, 6.45) is 5.36. The van der Waals surface area contributed by atoms with Gasteiger partial charge in [-0.25, -0.2) is 0 Å². The zero-order chi connectivity index (χ0) is 9.10. The second-order valence-electron chi connectivity index (χ2n) is 3.37. The lowest BCUT2D eigenvalue weighted by Gasteiger charge is -2.21. The van der Waals surface area contributed by atoms with Crippen LogP contribution in [-0.4, -0.2) is 11.6 Å². The Balaban J connectivity index is 2.10. The molecule has 3 heteroatoms. The van der Waals surface area contributed by atoms with E-state index in [1.54, 1.807) is 6.20 Å². The quantitative estimate of drug-likeness (QED) is 0.714. The van der Waals surface area contributed by atoms with Crippen LogP contribution in [0.3, 0.4) is 0 Å². The number of hydrogen-bond donors (Lipinski definition) is 1. The Kier molecular flexibility index (Phi) is 2.45. The van der Waals surface area contributed by atoms with E-state index in [0.29, 0.717) is 5.69 Å². The molecular formula is C10H14N2O. The van der Waals surface area contributed by atoms with Crippen molar-refractivity contribution in [2.24, 2.45) is 0 Å². The van der Waals surface area contributed by atoms with E-state index in [4.69, 9.17) is 10.5 Å². The summed E-state index contributed by atoms with van der Waals surface area (Å²) in [6, 6.07) is 3.83. The number of rotatable bonds is 1. The van der Waals surface area contributed by atoms with Gasteiger partial charge in [0, 0.05) is 6.61 Å². The van der Waals surface area contributed by atoms with Crippen molar-refractivity contribution in [1.29, 1.82) is 0 Å². The standard InChI is InChI=1S/C10H14N2O/c11-8-4-5-9(12-7-8)10-3-1-2-6-13-10/h4-5,7,10H,1-3,6,11H2. The van der Waals surface area contributed by atoms with Crippen molar-refractivity contribution >= 4 is 5.69 Å². The Morgan fingerprint density at radius 1 is 1.38 bits per heavy atom. The first-order valence-corrected chi connectivity index (χ1v) is 4.69. The maximum absolute atomic E-state index is 5.60. The fraction of sp³-hybridized carbons (Fsp3) is 0.500. The molecule has 2 N–H and O–H groups in total. The zero-order valence-corrected chi connectivity index (χ0v) is 7.57. The molecule has 0 radical (unpaired) electrons. The van der Waals surface area contributed by atoms with Gasteiger partial charge in [-0.2, -0.15) is 0 Å². The highest BCUT2D eigenvalue weighted by molar-refractivity contribution is 5.34. The number of anilines is 1. The topological polar surface area (TPSA) is 48.1 Å². The van der Waals surface area contributed by atoms with Crippen molar-refractivity contribution in [2.75, 3.05) is 12.3 Å². The van der Waals surface area contributed by atoms with E-state index >= 15 is 0 Å². The fourth-order valence-electron chi connectivity index (χ4n) is 1.58. The molecule has 13 heavy (non-hydrogen) atoms. The van der Waals surface area contributed by atoms with Crippen LogP contribution in [0.15, 0.2) is 18.3 Å². The fourth-order valence-corrected chi connectivity index (χ4v) is 1.58. The van der Waals surface area contributed by atoms with Crippen molar-refractivity contribution in [3.63, 3.8) is 0 Å². The third-order valence-corrected chi connectivity index (χ3v) is 2.32. The van der Waals surface area contributed by atoms with Crippen LogP contribution >= 0.6 is 0 Å². The monoisotopic (exact) mass is 178 g/mol. The van der Waals surface area contributed by atoms with Crippen LogP contribution in [0.1, 0.15) is 31.1 Å². The minimum Gasteiger partial charge on any atom is -0.397 e. The predicted octanol–water partition coefficient (Wildman–Crippen LogP) is 1.91. The molecule has 0 spiro atoms. The first kappa shape index (κ1) is 8.51. The van der Waals surface area contributed by atoms with Crippen molar-refractivity contribution in [3.05, 3.63) is 24.0 Å². The number of aromatic nitrogens is 1. The summed E-state index contributed by atoms with van der Waals surface area (Å²) in [5, 5.41) is 0. The molecule has 0 amide bonds.